The molecule has 0 aliphatic rings. The lowest BCUT2D eigenvalue weighted by molar-refractivity contribution is 0.0762. The zero-order chi connectivity index (χ0) is 12.0. The van der Waals surface area contributed by atoms with Crippen molar-refractivity contribution in [1.29, 1.82) is 5.26 Å². The van der Waals surface area contributed by atoms with Crippen molar-refractivity contribution in [3.05, 3.63) is 29.0 Å². The van der Waals surface area contributed by atoms with Gasteiger partial charge in [-0.15, -0.1) is 0 Å². The molecule has 0 atom stereocenters. The Labute approximate surface area is 99.5 Å². The highest BCUT2D eigenvalue weighted by Gasteiger charge is 2.14. The first-order valence-electron chi connectivity index (χ1n) is 4.96. The maximum Gasteiger partial charge on any atom is 0.272 e. The number of hydrogen-bond donors (Lipinski definition) is 0. The molecule has 84 valence electrons. The Kier molecular flexibility index (Phi) is 4.74. The summed E-state index contributed by atoms with van der Waals surface area (Å²) in [4.78, 5) is 17.5. The predicted molar refractivity (Wildman–Crippen MR) is 61.1 cm³/mol. The molecule has 1 rings (SSSR count). The van der Waals surface area contributed by atoms with Crippen LogP contribution in [0.5, 0.6) is 0 Å². The van der Waals surface area contributed by atoms with E-state index in [2.05, 4.69) is 4.98 Å². The lowest BCUT2D eigenvalue weighted by Gasteiger charge is -2.18. The third-order valence-corrected chi connectivity index (χ3v) is 2.34. The van der Waals surface area contributed by atoms with Gasteiger partial charge in [0.1, 0.15) is 5.69 Å². The van der Waals surface area contributed by atoms with Crippen LogP contribution >= 0.6 is 11.6 Å². The van der Waals surface area contributed by atoms with Crippen LogP contribution in [0.1, 0.15) is 23.8 Å². The Bertz CT molecular complexity index is 414. The Hall–Kier alpha value is -1.60. The van der Waals surface area contributed by atoms with Gasteiger partial charge in [-0.2, -0.15) is 5.26 Å². The van der Waals surface area contributed by atoms with E-state index >= 15 is 0 Å². The number of carbonyl (C=O) groups excluding carboxylic acids is 1. The van der Waals surface area contributed by atoms with Crippen LogP contribution in [0.3, 0.4) is 0 Å². The predicted octanol–water partition coefficient (Wildman–Crippen LogP) is 2.11. The van der Waals surface area contributed by atoms with Gasteiger partial charge in [-0.05, 0) is 19.1 Å². The summed E-state index contributed by atoms with van der Waals surface area (Å²) in [5.41, 5.74) is 0.312. The molecule has 0 bridgehead atoms. The number of pyridine rings is 1. The van der Waals surface area contributed by atoms with Crippen molar-refractivity contribution in [3.63, 3.8) is 0 Å². The summed E-state index contributed by atoms with van der Waals surface area (Å²) < 4.78 is 0. The van der Waals surface area contributed by atoms with Crippen molar-refractivity contribution in [2.45, 2.75) is 13.3 Å². The summed E-state index contributed by atoms with van der Waals surface area (Å²) in [7, 11) is 0. The molecule has 0 N–H and O–H groups in total. The minimum absolute atomic E-state index is 0.194. The van der Waals surface area contributed by atoms with Crippen molar-refractivity contribution >= 4 is 17.5 Å². The first-order chi connectivity index (χ1) is 7.69. The number of halogens is 1. The highest BCUT2D eigenvalue weighted by molar-refractivity contribution is 6.30. The van der Waals surface area contributed by atoms with E-state index in [1.54, 1.807) is 11.0 Å². The normalized spacial score (nSPS) is 9.56. The SMILES string of the molecule is CCN(CCC#N)C(=O)c1cc(Cl)ccn1. The number of hydrogen-bond acceptors (Lipinski definition) is 3. The molecule has 0 aliphatic heterocycles. The summed E-state index contributed by atoms with van der Waals surface area (Å²) in [6, 6.07) is 5.15. The minimum atomic E-state index is -0.194. The Morgan fingerprint density at radius 2 is 2.44 bits per heavy atom. The molecule has 1 amide bonds. The minimum Gasteiger partial charge on any atom is -0.337 e. The topological polar surface area (TPSA) is 57.0 Å². The molecule has 0 radical (unpaired) electrons. The van der Waals surface area contributed by atoms with Gasteiger partial charge in [-0.1, -0.05) is 11.6 Å². The zero-order valence-corrected chi connectivity index (χ0v) is 9.74. The van der Waals surface area contributed by atoms with E-state index in [-0.39, 0.29) is 5.91 Å². The summed E-state index contributed by atoms with van der Waals surface area (Å²) >= 11 is 5.78. The van der Waals surface area contributed by atoms with Crippen molar-refractivity contribution < 1.29 is 4.79 Å². The highest BCUT2D eigenvalue weighted by atomic mass is 35.5. The number of nitriles is 1. The molecule has 0 aliphatic carbocycles. The second kappa shape index (κ2) is 6.09. The molecule has 16 heavy (non-hydrogen) atoms. The standard InChI is InChI=1S/C11H12ClN3O/c1-2-15(7-3-5-13)11(16)10-8-9(12)4-6-14-10/h4,6,8H,2-3,7H2,1H3. The average Bonchev–Trinajstić information content (AvgIpc) is 2.29. The van der Waals surface area contributed by atoms with E-state index in [1.807, 2.05) is 13.0 Å². The fraction of sp³-hybridized carbons (Fsp3) is 0.364. The fourth-order valence-corrected chi connectivity index (χ4v) is 1.43. The molecular formula is C11H12ClN3O. The molecule has 0 saturated carbocycles. The van der Waals surface area contributed by atoms with E-state index in [0.717, 1.165) is 0 Å². The molecule has 1 aromatic rings. The Balaban J connectivity index is 2.79. The number of nitrogens with zero attached hydrogens (tertiary/aromatic N) is 3. The summed E-state index contributed by atoms with van der Waals surface area (Å²) in [5.74, 6) is -0.194. The molecular weight excluding hydrogens is 226 g/mol. The molecule has 5 heteroatoms. The van der Waals surface area contributed by atoms with Gasteiger partial charge < -0.3 is 4.90 Å². The van der Waals surface area contributed by atoms with Gasteiger partial charge in [0, 0.05) is 24.3 Å². The number of carbonyl (C=O) groups is 1. The molecule has 1 heterocycles. The van der Waals surface area contributed by atoms with E-state index in [0.29, 0.717) is 30.2 Å². The molecule has 4 nitrogen and oxygen atoms in total. The van der Waals surface area contributed by atoms with Crippen molar-refractivity contribution in [3.8, 4) is 6.07 Å². The van der Waals surface area contributed by atoms with Crippen LogP contribution in [0.4, 0.5) is 0 Å². The Morgan fingerprint density at radius 3 is 3.00 bits per heavy atom. The monoisotopic (exact) mass is 237 g/mol. The van der Waals surface area contributed by atoms with Gasteiger partial charge in [0.2, 0.25) is 0 Å². The first kappa shape index (κ1) is 12.5. The van der Waals surface area contributed by atoms with Crippen LogP contribution in [0, 0.1) is 11.3 Å². The van der Waals surface area contributed by atoms with E-state index < -0.39 is 0 Å². The van der Waals surface area contributed by atoms with Gasteiger partial charge in [0.25, 0.3) is 5.91 Å². The van der Waals surface area contributed by atoms with Crippen LogP contribution in [-0.4, -0.2) is 28.9 Å². The van der Waals surface area contributed by atoms with Gasteiger partial charge in [-0.25, -0.2) is 0 Å². The average molecular weight is 238 g/mol. The lowest BCUT2D eigenvalue weighted by Crippen LogP contribution is -2.32. The van der Waals surface area contributed by atoms with Crippen LogP contribution < -0.4 is 0 Å². The van der Waals surface area contributed by atoms with Gasteiger partial charge in [0.15, 0.2) is 0 Å². The molecule has 0 unspecified atom stereocenters. The highest BCUT2D eigenvalue weighted by Crippen LogP contribution is 2.10. The summed E-state index contributed by atoms with van der Waals surface area (Å²) in [6.07, 6.45) is 1.81. The van der Waals surface area contributed by atoms with Crippen molar-refractivity contribution in [1.82, 2.24) is 9.88 Å². The number of amides is 1. The maximum absolute atomic E-state index is 11.9. The van der Waals surface area contributed by atoms with Crippen molar-refractivity contribution in [2.24, 2.45) is 0 Å². The second-order valence-electron chi connectivity index (χ2n) is 3.15. The summed E-state index contributed by atoms with van der Waals surface area (Å²) in [6.45, 7) is 2.83. The van der Waals surface area contributed by atoms with Gasteiger partial charge >= 0.3 is 0 Å². The fourth-order valence-electron chi connectivity index (χ4n) is 1.27. The smallest absolute Gasteiger partial charge is 0.272 e. The molecule has 0 spiro atoms. The second-order valence-corrected chi connectivity index (χ2v) is 3.59. The summed E-state index contributed by atoms with van der Waals surface area (Å²) in [5, 5.41) is 8.96. The molecule has 1 aromatic heterocycles. The lowest BCUT2D eigenvalue weighted by atomic mass is 10.3. The Morgan fingerprint density at radius 1 is 1.69 bits per heavy atom. The third-order valence-electron chi connectivity index (χ3n) is 2.10. The van der Waals surface area contributed by atoms with Gasteiger partial charge in [0.05, 0.1) is 12.5 Å². The first-order valence-corrected chi connectivity index (χ1v) is 5.34. The van der Waals surface area contributed by atoms with Crippen LogP contribution in [-0.2, 0) is 0 Å². The van der Waals surface area contributed by atoms with Crippen LogP contribution in [0.2, 0.25) is 5.02 Å². The zero-order valence-electron chi connectivity index (χ0n) is 8.98. The van der Waals surface area contributed by atoms with Crippen molar-refractivity contribution in [2.75, 3.05) is 13.1 Å². The number of aromatic nitrogens is 1. The van der Waals surface area contributed by atoms with Crippen LogP contribution in [0.25, 0.3) is 0 Å². The molecule has 0 aromatic carbocycles. The van der Waals surface area contributed by atoms with E-state index in [9.17, 15) is 4.79 Å². The quantitative estimate of drug-likeness (QED) is 0.806. The maximum atomic E-state index is 11.9. The van der Waals surface area contributed by atoms with Gasteiger partial charge in [-0.3, -0.25) is 9.78 Å². The molecule has 0 fully saturated rings. The van der Waals surface area contributed by atoms with Crippen LogP contribution in [0.15, 0.2) is 18.3 Å². The van der Waals surface area contributed by atoms with E-state index in [1.165, 1.54) is 12.3 Å². The largest absolute Gasteiger partial charge is 0.337 e. The molecule has 0 saturated heterocycles. The van der Waals surface area contributed by atoms with E-state index in [4.69, 9.17) is 16.9 Å². The number of rotatable bonds is 4. The third kappa shape index (κ3) is 3.21.